The van der Waals surface area contributed by atoms with Crippen LogP contribution in [0.1, 0.15) is 37.0 Å². The van der Waals surface area contributed by atoms with E-state index in [0.29, 0.717) is 18.4 Å². The SMILES string of the molecule is CC(C)CC(CCO)CNC(=O)c1cc(F)cc([N+](=O)[O-])c1N. The summed E-state index contributed by atoms with van der Waals surface area (Å²) in [5, 5.41) is 22.5. The quantitative estimate of drug-likeness (QED) is 0.384. The van der Waals surface area contributed by atoms with Crippen molar-refractivity contribution in [3.63, 3.8) is 0 Å². The molecule has 0 aromatic heterocycles. The maximum Gasteiger partial charge on any atom is 0.295 e. The highest BCUT2D eigenvalue weighted by Gasteiger charge is 2.22. The number of hydrogen-bond donors (Lipinski definition) is 3. The van der Waals surface area contributed by atoms with Crippen LogP contribution in [0.25, 0.3) is 0 Å². The average Bonchev–Trinajstić information content (AvgIpc) is 2.45. The van der Waals surface area contributed by atoms with Gasteiger partial charge in [-0.05, 0) is 30.7 Å². The Morgan fingerprint density at radius 1 is 1.48 bits per heavy atom. The molecule has 1 aromatic rings. The number of nitrogens with zero attached hydrogens (tertiary/aromatic N) is 1. The molecule has 0 aliphatic heterocycles. The fraction of sp³-hybridized carbons (Fsp3) is 0.533. The summed E-state index contributed by atoms with van der Waals surface area (Å²) in [4.78, 5) is 22.1. The molecule has 8 heteroatoms. The molecule has 1 amide bonds. The second-order valence-electron chi connectivity index (χ2n) is 5.86. The number of amides is 1. The Balaban J connectivity index is 2.87. The molecular formula is C15H22FN3O4. The second kappa shape index (κ2) is 8.42. The van der Waals surface area contributed by atoms with E-state index in [1.165, 1.54) is 0 Å². The Labute approximate surface area is 133 Å². The van der Waals surface area contributed by atoms with Gasteiger partial charge in [0.2, 0.25) is 0 Å². The third-order valence-electron chi connectivity index (χ3n) is 3.46. The number of nitrogens with two attached hydrogens (primary N) is 1. The van der Waals surface area contributed by atoms with Gasteiger partial charge in [0.15, 0.2) is 0 Å². The fourth-order valence-corrected chi connectivity index (χ4v) is 2.43. The number of rotatable bonds is 8. The zero-order valence-corrected chi connectivity index (χ0v) is 13.2. The molecular weight excluding hydrogens is 305 g/mol. The lowest BCUT2D eigenvalue weighted by Gasteiger charge is -2.19. The molecule has 0 saturated carbocycles. The molecule has 0 bridgehead atoms. The summed E-state index contributed by atoms with van der Waals surface area (Å²) in [5.74, 6) is -1.11. The van der Waals surface area contributed by atoms with Crippen LogP contribution < -0.4 is 11.1 Å². The van der Waals surface area contributed by atoms with Crippen molar-refractivity contribution in [2.24, 2.45) is 11.8 Å². The van der Waals surface area contributed by atoms with Crippen molar-refractivity contribution in [2.45, 2.75) is 26.7 Å². The van der Waals surface area contributed by atoms with Crippen LogP contribution in [0.4, 0.5) is 15.8 Å². The third kappa shape index (κ3) is 5.48. The van der Waals surface area contributed by atoms with Gasteiger partial charge in [0, 0.05) is 13.2 Å². The minimum atomic E-state index is -0.898. The first kappa shape index (κ1) is 18.8. The molecule has 0 aliphatic rings. The molecule has 0 heterocycles. The molecule has 23 heavy (non-hydrogen) atoms. The number of benzene rings is 1. The lowest BCUT2D eigenvalue weighted by Crippen LogP contribution is -2.31. The van der Waals surface area contributed by atoms with Crippen LogP contribution in [0.15, 0.2) is 12.1 Å². The predicted molar refractivity (Wildman–Crippen MR) is 84.4 cm³/mol. The van der Waals surface area contributed by atoms with E-state index < -0.39 is 22.3 Å². The van der Waals surface area contributed by atoms with E-state index in [0.717, 1.165) is 12.5 Å². The summed E-state index contributed by atoms with van der Waals surface area (Å²) >= 11 is 0. The Morgan fingerprint density at radius 3 is 2.65 bits per heavy atom. The number of hydrogen-bond acceptors (Lipinski definition) is 5. The molecule has 0 radical (unpaired) electrons. The Bertz CT molecular complexity index is 578. The molecule has 1 aromatic carbocycles. The molecule has 1 unspecified atom stereocenters. The van der Waals surface area contributed by atoms with Crippen LogP contribution in [0.2, 0.25) is 0 Å². The van der Waals surface area contributed by atoms with Crippen molar-refractivity contribution in [1.82, 2.24) is 5.32 Å². The van der Waals surface area contributed by atoms with E-state index in [1.54, 1.807) is 0 Å². The monoisotopic (exact) mass is 327 g/mol. The van der Waals surface area contributed by atoms with Gasteiger partial charge in [-0.15, -0.1) is 0 Å². The summed E-state index contributed by atoms with van der Waals surface area (Å²) < 4.78 is 13.4. The zero-order valence-electron chi connectivity index (χ0n) is 13.2. The van der Waals surface area contributed by atoms with E-state index in [-0.39, 0.29) is 30.3 Å². The maximum atomic E-state index is 13.4. The molecule has 7 nitrogen and oxygen atoms in total. The molecule has 128 valence electrons. The van der Waals surface area contributed by atoms with Crippen molar-refractivity contribution in [2.75, 3.05) is 18.9 Å². The summed E-state index contributed by atoms with van der Waals surface area (Å²) in [6.07, 6.45) is 1.33. The number of carbonyl (C=O) groups excluding carboxylic acids is 1. The van der Waals surface area contributed by atoms with Crippen LogP contribution >= 0.6 is 0 Å². The topological polar surface area (TPSA) is 118 Å². The van der Waals surface area contributed by atoms with Gasteiger partial charge in [0.25, 0.3) is 11.6 Å². The molecule has 1 rings (SSSR count). The normalized spacial score (nSPS) is 12.2. The standard InChI is InChI=1S/C15H22FN3O4/c1-9(2)5-10(3-4-20)8-18-15(21)12-6-11(16)7-13(14(12)17)19(22)23/h6-7,9-10,20H,3-5,8,17H2,1-2H3,(H,18,21). The van der Waals surface area contributed by atoms with Crippen LogP contribution in [-0.2, 0) is 0 Å². The van der Waals surface area contributed by atoms with Crippen LogP contribution in [0, 0.1) is 27.8 Å². The predicted octanol–water partition coefficient (Wildman–Crippen LogP) is 2.09. The van der Waals surface area contributed by atoms with Gasteiger partial charge in [0.05, 0.1) is 16.6 Å². The summed E-state index contributed by atoms with van der Waals surface area (Å²) in [7, 11) is 0. The first-order chi connectivity index (χ1) is 10.8. The van der Waals surface area contributed by atoms with Crippen molar-refractivity contribution in [1.29, 1.82) is 0 Å². The summed E-state index contributed by atoms with van der Waals surface area (Å²) in [6, 6.07) is 1.56. The first-order valence-electron chi connectivity index (χ1n) is 7.38. The van der Waals surface area contributed by atoms with Gasteiger partial charge in [-0.3, -0.25) is 14.9 Å². The highest BCUT2D eigenvalue weighted by molar-refractivity contribution is 6.01. The van der Waals surface area contributed by atoms with E-state index in [1.807, 2.05) is 13.8 Å². The highest BCUT2D eigenvalue weighted by Crippen LogP contribution is 2.26. The maximum absolute atomic E-state index is 13.4. The largest absolute Gasteiger partial charge is 0.396 e. The van der Waals surface area contributed by atoms with E-state index in [4.69, 9.17) is 10.8 Å². The Kier molecular flexibility index (Phi) is 6.89. The number of aliphatic hydroxyl groups excluding tert-OH is 1. The smallest absolute Gasteiger partial charge is 0.295 e. The zero-order chi connectivity index (χ0) is 17.6. The number of nitro benzene ring substituents is 1. The van der Waals surface area contributed by atoms with Crippen molar-refractivity contribution in [3.05, 3.63) is 33.6 Å². The number of carbonyl (C=O) groups is 1. The lowest BCUT2D eigenvalue weighted by molar-refractivity contribution is -0.384. The molecule has 0 spiro atoms. The van der Waals surface area contributed by atoms with Crippen molar-refractivity contribution in [3.8, 4) is 0 Å². The molecule has 0 fully saturated rings. The molecule has 0 saturated heterocycles. The van der Waals surface area contributed by atoms with Crippen molar-refractivity contribution < 1.29 is 19.2 Å². The van der Waals surface area contributed by atoms with Crippen LogP contribution in [-0.4, -0.2) is 29.1 Å². The second-order valence-corrected chi connectivity index (χ2v) is 5.86. The molecule has 4 N–H and O–H groups in total. The number of halogens is 1. The summed E-state index contributed by atoms with van der Waals surface area (Å²) in [5.41, 5.74) is 4.33. The Hall–Kier alpha value is -2.22. The number of aliphatic hydroxyl groups is 1. The number of nitrogens with one attached hydrogen (secondary N) is 1. The van der Waals surface area contributed by atoms with E-state index in [2.05, 4.69) is 5.32 Å². The van der Waals surface area contributed by atoms with Gasteiger partial charge in [-0.25, -0.2) is 4.39 Å². The summed E-state index contributed by atoms with van der Waals surface area (Å²) in [6.45, 7) is 4.34. The minimum absolute atomic E-state index is 0.000826. The van der Waals surface area contributed by atoms with Gasteiger partial charge < -0.3 is 16.2 Å². The number of anilines is 1. The Morgan fingerprint density at radius 2 is 2.13 bits per heavy atom. The van der Waals surface area contributed by atoms with Crippen LogP contribution in [0.3, 0.4) is 0 Å². The highest BCUT2D eigenvalue weighted by atomic mass is 19.1. The van der Waals surface area contributed by atoms with E-state index in [9.17, 15) is 19.3 Å². The first-order valence-corrected chi connectivity index (χ1v) is 7.38. The third-order valence-corrected chi connectivity index (χ3v) is 3.46. The van der Waals surface area contributed by atoms with Gasteiger partial charge in [-0.2, -0.15) is 0 Å². The van der Waals surface area contributed by atoms with Gasteiger partial charge >= 0.3 is 0 Å². The average molecular weight is 327 g/mol. The van der Waals surface area contributed by atoms with Crippen LogP contribution in [0.5, 0.6) is 0 Å². The lowest BCUT2D eigenvalue weighted by atomic mass is 9.94. The number of nitro groups is 1. The molecule has 0 aliphatic carbocycles. The number of nitrogen functional groups attached to an aromatic ring is 1. The van der Waals surface area contributed by atoms with Gasteiger partial charge in [-0.1, -0.05) is 13.8 Å². The minimum Gasteiger partial charge on any atom is -0.396 e. The molecule has 1 atom stereocenters. The van der Waals surface area contributed by atoms with E-state index >= 15 is 0 Å². The van der Waals surface area contributed by atoms with Gasteiger partial charge in [0.1, 0.15) is 11.5 Å². The fourth-order valence-electron chi connectivity index (χ4n) is 2.43. The van der Waals surface area contributed by atoms with Crippen molar-refractivity contribution >= 4 is 17.3 Å².